The topological polar surface area (TPSA) is 237 Å². The molecule has 1 aromatic rings. The van der Waals surface area contributed by atoms with Gasteiger partial charge in [0, 0.05) is 24.7 Å². The summed E-state index contributed by atoms with van der Waals surface area (Å²) in [6.45, 7) is 2.61. The van der Waals surface area contributed by atoms with E-state index in [1.54, 1.807) is 0 Å². The maximum Gasteiger partial charge on any atom is 0.326 e. The number of carbonyl (C=O) groups excluding carboxylic acids is 3. The number of hydrogen-bond donors (Lipinski definition) is 8. The van der Waals surface area contributed by atoms with E-state index in [1.807, 2.05) is 0 Å². The number of aromatic amines is 1. The van der Waals surface area contributed by atoms with E-state index in [-0.39, 0.29) is 6.42 Å². The second-order valence-electron chi connectivity index (χ2n) is 7.19. The van der Waals surface area contributed by atoms with Crippen molar-refractivity contribution in [3.8, 4) is 0 Å². The zero-order chi connectivity index (χ0) is 24.4. The van der Waals surface area contributed by atoms with E-state index in [2.05, 4.69) is 25.9 Å². The van der Waals surface area contributed by atoms with Gasteiger partial charge in [0.15, 0.2) is 0 Å². The number of carbonyl (C=O) groups is 5. The van der Waals surface area contributed by atoms with Gasteiger partial charge < -0.3 is 42.0 Å². The molecule has 1 heterocycles. The minimum atomic E-state index is -1.58. The minimum Gasteiger partial charge on any atom is -0.481 e. The SMILES string of the molecule is CC(N)C(=O)NC(Cc1cnc[nH]1)C(=O)NC(C(=O)NC(CCC(=O)O)C(=O)O)C(C)O. The van der Waals surface area contributed by atoms with Gasteiger partial charge in [0.2, 0.25) is 17.7 Å². The Morgan fingerprint density at radius 3 is 2.12 bits per heavy atom. The number of nitrogens with one attached hydrogen (secondary N) is 4. The van der Waals surface area contributed by atoms with Crippen LogP contribution < -0.4 is 21.7 Å². The van der Waals surface area contributed by atoms with Crippen molar-refractivity contribution in [2.45, 2.75) is 63.4 Å². The van der Waals surface area contributed by atoms with Gasteiger partial charge in [0.25, 0.3) is 0 Å². The van der Waals surface area contributed by atoms with Gasteiger partial charge in [-0.15, -0.1) is 0 Å². The van der Waals surface area contributed by atoms with Crippen LogP contribution in [0.1, 0.15) is 32.4 Å². The zero-order valence-corrected chi connectivity index (χ0v) is 17.6. The first-order valence-electron chi connectivity index (χ1n) is 9.69. The molecule has 0 spiro atoms. The molecule has 5 unspecified atom stereocenters. The third-order valence-corrected chi connectivity index (χ3v) is 4.35. The highest BCUT2D eigenvalue weighted by molar-refractivity contribution is 5.94. The number of carboxylic acid groups (broad SMARTS) is 2. The molecule has 5 atom stereocenters. The Balaban J connectivity index is 2.96. The molecule has 178 valence electrons. The van der Waals surface area contributed by atoms with E-state index in [0.29, 0.717) is 5.69 Å². The number of nitrogens with zero attached hydrogens (tertiary/aromatic N) is 1. The van der Waals surface area contributed by atoms with Crippen LogP contribution >= 0.6 is 0 Å². The van der Waals surface area contributed by atoms with Gasteiger partial charge in [0.05, 0.1) is 18.5 Å². The molecule has 0 aromatic carbocycles. The second-order valence-corrected chi connectivity index (χ2v) is 7.19. The standard InChI is InChI=1S/C18H28N6O8/c1-8(19)15(28)23-12(5-10-6-20-7-21-10)16(29)24-14(9(2)25)17(30)22-11(18(31)32)3-4-13(26)27/h6-9,11-12,14,25H,3-5,19H2,1-2H3,(H,20,21)(H,22,30)(H,23,28)(H,24,29)(H,26,27)(H,31,32). The molecule has 0 saturated carbocycles. The Labute approximate surface area is 183 Å². The van der Waals surface area contributed by atoms with Crippen molar-refractivity contribution in [2.75, 3.05) is 0 Å². The van der Waals surface area contributed by atoms with Crippen molar-refractivity contribution >= 4 is 29.7 Å². The molecule has 0 aliphatic rings. The lowest BCUT2D eigenvalue weighted by Crippen LogP contribution is -2.60. The first kappa shape index (κ1) is 26.5. The van der Waals surface area contributed by atoms with Gasteiger partial charge >= 0.3 is 11.9 Å². The highest BCUT2D eigenvalue weighted by Gasteiger charge is 2.32. The molecular weight excluding hydrogens is 428 g/mol. The molecule has 1 aromatic heterocycles. The number of aliphatic carboxylic acids is 2. The molecule has 1 rings (SSSR count). The monoisotopic (exact) mass is 456 g/mol. The first-order chi connectivity index (χ1) is 14.9. The number of hydrogen-bond acceptors (Lipinski definition) is 8. The van der Waals surface area contributed by atoms with Crippen LogP contribution in [0.4, 0.5) is 0 Å². The molecule has 0 radical (unpaired) electrons. The summed E-state index contributed by atoms with van der Waals surface area (Å²) in [7, 11) is 0. The van der Waals surface area contributed by atoms with Crippen LogP contribution in [-0.4, -0.2) is 85.2 Å². The summed E-state index contributed by atoms with van der Waals surface area (Å²) in [6.07, 6.45) is 0.408. The number of H-pyrrole nitrogens is 1. The molecule has 0 aliphatic carbocycles. The largest absolute Gasteiger partial charge is 0.481 e. The van der Waals surface area contributed by atoms with E-state index in [4.69, 9.17) is 10.8 Å². The number of imidazole rings is 1. The molecule has 0 aliphatic heterocycles. The predicted octanol–water partition coefficient (Wildman–Crippen LogP) is -2.92. The number of carboxylic acids is 2. The van der Waals surface area contributed by atoms with Crippen molar-refractivity contribution < 1.29 is 39.3 Å². The molecule has 9 N–H and O–H groups in total. The molecule has 0 bridgehead atoms. The van der Waals surface area contributed by atoms with Crippen LogP contribution in [0, 0.1) is 0 Å². The number of amides is 3. The Morgan fingerprint density at radius 2 is 1.66 bits per heavy atom. The van der Waals surface area contributed by atoms with Crippen molar-refractivity contribution in [1.82, 2.24) is 25.9 Å². The van der Waals surface area contributed by atoms with Crippen LogP contribution in [0.3, 0.4) is 0 Å². The van der Waals surface area contributed by atoms with Crippen molar-refractivity contribution in [2.24, 2.45) is 5.73 Å². The van der Waals surface area contributed by atoms with E-state index in [0.717, 1.165) is 0 Å². The lowest BCUT2D eigenvalue weighted by Gasteiger charge is -2.26. The fourth-order valence-corrected chi connectivity index (χ4v) is 2.57. The van der Waals surface area contributed by atoms with Crippen LogP contribution in [0.5, 0.6) is 0 Å². The predicted molar refractivity (Wildman–Crippen MR) is 108 cm³/mol. The smallest absolute Gasteiger partial charge is 0.326 e. The van der Waals surface area contributed by atoms with E-state index in [1.165, 1.54) is 26.4 Å². The third kappa shape index (κ3) is 8.69. The van der Waals surface area contributed by atoms with E-state index < -0.39 is 72.8 Å². The van der Waals surface area contributed by atoms with Crippen LogP contribution in [0.15, 0.2) is 12.5 Å². The summed E-state index contributed by atoms with van der Waals surface area (Å²) in [5.41, 5.74) is 6.02. The lowest BCUT2D eigenvalue weighted by atomic mass is 10.1. The van der Waals surface area contributed by atoms with Gasteiger partial charge in [-0.1, -0.05) is 0 Å². The fraction of sp³-hybridized carbons (Fsp3) is 0.556. The molecule has 3 amide bonds. The van der Waals surface area contributed by atoms with Crippen molar-refractivity contribution in [1.29, 1.82) is 0 Å². The van der Waals surface area contributed by atoms with Gasteiger partial charge in [-0.05, 0) is 20.3 Å². The maximum atomic E-state index is 12.8. The number of nitrogens with two attached hydrogens (primary N) is 1. The maximum absolute atomic E-state index is 12.8. The molecule has 14 nitrogen and oxygen atoms in total. The highest BCUT2D eigenvalue weighted by atomic mass is 16.4. The quantitative estimate of drug-likeness (QED) is 0.150. The Morgan fingerprint density at radius 1 is 1.03 bits per heavy atom. The highest BCUT2D eigenvalue weighted by Crippen LogP contribution is 2.04. The van der Waals surface area contributed by atoms with Gasteiger partial charge in [0.1, 0.15) is 18.1 Å². The van der Waals surface area contributed by atoms with Gasteiger partial charge in [-0.25, -0.2) is 9.78 Å². The number of aromatic nitrogens is 2. The minimum absolute atomic E-state index is 0.0329. The summed E-state index contributed by atoms with van der Waals surface area (Å²) in [5, 5.41) is 34.7. The number of aliphatic hydroxyl groups excluding tert-OH is 1. The normalized spacial score (nSPS) is 15.5. The Bertz CT molecular complexity index is 810. The zero-order valence-electron chi connectivity index (χ0n) is 17.6. The number of aliphatic hydroxyl groups is 1. The molecule has 0 fully saturated rings. The van der Waals surface area contributed by atoms with E-state index >= 15 is 0 Å². The lowest BCUT2D eigenvalue weighted by molar-refractivity contribution is -0.144. The van der Waals surface area contributed by atoms with Crippen LogP contribution in [0.25, 0.3) is 0 Å². The first-order valence-corrected chi connectivity index (χ1v) is 9.69. The average molecular weight is 456 g/mol. The number of rotatable bonds is 13. The Kier molecular flexibility index (Phi) is 10.2. The van der Waals surface area contributed by atoms with Crippen molar-refractivity contribution in [3.05, 3.63) is 18.2 Å². The van der Waals surface area contributed by atoms with Gasteiger partial charge in [-0.3, -0.25) is 19.2 Å². The second kappa shape index (κ2) is 12.4. The summed E-state index contributed by atoms with van der Waals surface area (Å²) < 4.78 is 0. The molecule has 14 heteroatoms. The van der Waals surface area contributed by atoms with Crippen LogP contribution in [0.2, 0.25) is 0 Å². The third-order valence-electron chi connectivity index (χ3n) is 4.35. The summed E-state index contributed by atoms with van der Waals surface area (Å²) in [6, 6.07) is -5.24. The van der Waals surface area contributed by atoms with Crippen molar-refractivity contribution in [3.63, 3.8) is 0 Å². The fourth-order valence-electron chi connectivity index (χ4n) is 2.57. The molecule has 0 saturated heterocycles. The Hall–Kier alpha value is -3.52. The molecular formula is C18H28N6O8. The summed E-state index contributed by atoms with van der Waals surface area (Å²) in [5.74, 6) is -5.24. The van der Waals surface area contributed by atoms with Gasteiger partial charge in [-0.2, -0.15) is 0 Å². The molecule has 32 heavy (non-hydrogen) atoms. The van der Waals surface area contributed by atoms with Crippen LogP contribution in [-0.2, 0) is 30.4 Å². The summed E-state index contributed by atoms with van der Waals surface area (Å²) in [4.78, 5) is 65.9. The summed E-state index contributed by atoms with van der Waals surface area (Å²) >= 11 is 0. The average Bonchev–Trinajstić information content (AvgIpc) is 3.20. The van der Waals surface area contributed by atoms with E-state index in [9.17, 15) is 34.2 Å².